The summed E-state index contributed by atoms with van der Waals surface area (Å²) in [5, 5.41) is 12.3. The molecule has 0 aromatic heterocycles. The minimum absolute atomic E-state index is 0.0198. The highest BCUT2D eigenvalue weighted by atomic mass is 35.5. The second kappa shape index (κ2) is 11.3. The van der Waals surface area contributed by atoms with Gasteiger partial charge < -0.3 is 15.2 Å². The number of halogens is 2. The first-order valence-electron chi connectivity index (χ1n) is 11.0. The van der Waals surface area contributed by atoms with Crippen LogP contribution in [0.15, 0.2) is 36.4 Å². The van der Waals surface area contributed by atoms with Gasteiger partial charge in [-0.2, -0.15) is 0 Å². The van der Waals surface area contributed by atoms with Gasteiger partial charge in [0, 0.05) is 29.6 Å². The minimum Gasteiger partial charge on any atom is -0.490 e. The Bertz CT molecular complexity index is 1030. The molecule has 8 heteroatoms. The summed E-state index contributed by atoms with van der Waals surface area (Å²) < 4.78 is 20.3. The summed E-state index contributed by atoms with van der Waals surface area (Å²) in [6.45, 7) is 2.12. The number of nitrogens with one attached hydrogen (secondary N) is 1. The Labute approximate surface area is 197 Å². The third-order valence-electron chi connectivity index (χ3n) is 5.87. The first-order valence-corrected chi connectivity index (χ1v) is 11.4. The highest BCUT2D eigenvalue weighted by molar-refractivity contribution is 6.31. The number of carbonyl (C=O) groups is 3. The molecule has 0 spiro atoms. The van der Waals surface area contributed by atoms with Crippen LogP contribution < -0.4 is 10.1 Å². The number of aliphatic carboxylic acids is 1. The van der Waals surface area contributed by atoms with E-state index in [1.165, 1.54) is 12.1 Å². The number of carboxylic acid groups (broad SMARTS) is 1. The lowest BCUT2D eigenvalue weighted by molar-refractivity contribution is -0.143. The smallest absolute Gasteiger partial charge is 0.306 e. The number of amides is 1. The molecule has 176 valence electrons. The minimum atomic E-state index is -0.790. The van der Waals surface area contributed by atoms with E-state index in [0.717, 1.165) is 5.56 Å². The van der Waals surface area contributed by atoms with Crippen LogP contribution >= 0.6 is 11.6 Å². The van der Waals surface area contributed by atoms with Gasteiger partial charge in [0.2, 0.25) is 0 Å². The molecule has 33 heavy (non-hydrogen) atoms. The average molecular weight is 476 g/mol. The van der Waals surface area contributed by atoms with Crippen molar-refractivity contribution < 1.29 is 28.6 Å². The molecule has 3 rings (SSSR count). The molecule has 1 aliphatic carbocycles. The number of carboxylic acids is 1. The molecule has 2 aromatic rings. The van der Waals surface area contributed by atoms with E-state index in [9.17, 15) is 18.8 Å². The van der Waals surface area contributed by atoms with Gasteiger partial charge in [0.05, 0.1) is 17.6 Å². The molecule has 0 bridgehead atoms. The fraction of sp³-hybridized carbons (Fsp3) is 0.400. The van der Waals surface area contributed by atoms with E-state index in [0.29, 0.717) is 48.4 Å². The van der Waals surface area contributed by atoms with Gasteiger partial charge in [-0.3, -0.25) is 14.4 Å². The molecule has 2 aromatic carbocycles. The molecule has 1 fully saturated rings. The van der Waals surface area contributed by atoms with Crippen molar-refractivity contribution in [2.75, 3.05) is 6.54 Å². The number of carbonyl (C=O) groups excluding carboxylic acids is 2. The predicted molar refractivity (Wildman–Crippen MR) is 122 cm³/mol. The summed E-state index contributed by atoms with van der Waals surface area (Å²) in [7, 11) is 0. The first-order chi connectivity index (χ1) is 15.7. The molecule has 2 N–H and O–H groups in total. The van der Waals surface area contributed by atoms with Gasteiger partial charge in [-0.05, 0) is 68.9 Å². The number of aryl methyl sites for hydroxylation is 1. The fourth-order valence-electron chi connectivity index (χ4n) is 3.84. The maximum atomic E-state index is 14.5. The Morgan fingerprint density at radius 1 is 1.12 bits per heavy atom. The van der Waals surface area contributed by atoms with Crippen molar-refractivity contribution in [2.45, 2.75) is 51.6 Å². The number of ether oxygens (including phenoxy) is 1. The monoisotopic (exact) mass is 475 g/mol. The molecule has 0 saturated heterocycles. The zero-order chi connectivity index (χ0) is 24.0. The van der Waals surface area contributed by atoms with E-state index < -0.39 is 11.8 Å². The number of hydrogen-bond acceptors (Lipinski definition) is 4. The number of hydrogen-bond donors (Lipinski definition) is 2. The van der Waals surface area contributed by atoms with Crippen LogP contribution in [0.5, 0.6) is 5.75 Å². The van der Waals surface area contributed by atoms with Crippen LogP contribution in [0, 0.1) is 18.7 Å². The van der Waals surface area contributed by atoms with E-state index in [-0.39, 0.29) is 42.2 Å². The number of Topliss-reactive ketones (excluding diaryl/α,β-unsaturated/α-hetero) is 1. The molecule has 1 amide bonds. The lowest BCUT2D eigenvalue weighted by atomic mass is 9.87. The van der Waals surface area contributed by atoms with Crippen molar-refractivity contribution in [3.05, 3.63) is 63.9 Å². The zero-order valence-corrected chi connectivity index (χ0v) is 19.2. The lowest BCUT2D eigenvalue weighted by Crippen LogP contribution is -2.27. The van der Waals surface area contributed by atoms with Gasteiger partial charge in [-0.1, -0.05) is 17.7 Å². The molecule has 0 aliphatic heterocycles. The van der Waals surface area contributed by atoms with Crippen molar-refractivity contribution >= 4 is 29.3 Å². The number of ketones is 1. The maximum Gasteiger partial charge on any atom is 0.306 e. The normalized spacial score (nSPS) is 17.9. The van der Waals surface area contributed by atoms with Crippen LogP contribution in [0.4, 0.5) is 4.39 Å². The van der Waals surface area contributed by atoms with Gasteiger partial charge in [-0.15, -0.1) is 0 Å². The van der Waals surface area contributed by atoms with Crippen LogP contribution in [-0.2, 0) is 4.79 Å². The van der Waals surface area contributed by atoms with Gasteiger partial charge in [0.25, 0.3) is 5.91 Å². The molecule has 1 aliphatic rings. The van der Waals surface area contributed by atoms with Crippen molar-refractivity contribution in [3.63, 3.8) is 0 Å². The summed E-state index contributed by atoms with van der Waals surface area (Å²) in [5.74, 6) is -2.10. The van der Waals surface area contributed by atoms with Crippen molar-refractivity contribution in [3.8, 4) is 5.75 Å². The van der Waals surface area contributed by atoms with Crippen molar-refractivity contribution in [2.24, 2.45) is 5.92 Å². The molecule has 0 unspecified atom stereocenters. The Kier molecular flexibility index (Phi) is 8.44. The number of rotatable bonds is 9. The van der Waals surface area contributed by atoms with Crippen molar-refractivity contribution in [1.82, 2.24) is 5.32 Å². The summed E-state index contributed by atoms with van der Waals surface area (Å²) in [5.41, 5.74) is 1.30. The maximum absolute atomic E-state index is 14.5. The van der Waals surface area contributed by atoms with Crippen LogP contribution in [0.2, 0.25) is 5.02 Å². The third kappa shape index (κ3) is 6.78. The van der Waals surface area contributed by atoms with Crippen LogP contribution in [0.3, 0.4) is 0 Å². The highest BCUT2D eigenvalue weighted by Crippen LogP contribution is 2.28. The van der Waals surface area contributed by atoms with E-state index in [1.807, 2.05) is 6.92 Å². The summed E-state index contributed by atoms with van der Waals surface area (Å²) >= 11 is 6.04. The average Bonchev–Trinajstić information content (AvgIpc) is 2.78. The van der Waals surface area contributed by atoms with Crippen LogP contribution in [-0.4, -0.2) is 35.4 Å². The molecular formula is C25H27ClFNO5. The van der Waals surface area contributed by atoms with Gasteiger partial charge in [-0.25, -0.2) is 4.39 Å². The Hall–Kier alpha value is -2.93. The predicted octanol–water partition coefficient (Wildman–Crippen LogP) is 5.20. The summed E-state index contributed by atoms with van der Waals surface area (Å²) in [6.07, 6.45) is 2.56. The van der Waals surface area contributed by atoms with E-state index in [1.54, 1.807) is 24.3 Å². The quantitative estimate of drug-likeness (QED) is 0.384. The van der Waals surface area contributed by atoms with E-state index in [4.69, 9.17) is 21.4 Å². The SMILES string of the molecule is Cc1ccc(C(=O)NCCCC(=O)c2ccc(OC3CCC(C(=O)O)CC3)cc2F)cc1Cl. The Morgan fingerprint density at radius 2 is 1.85 bits per heavy atom. The van der Waals surface area contributed by atoms with Crippen molar-refractivity contribution in [1.29, 1.82) is 0 Å². The summed E-state index contributed by atoms with van der Waals surface area (Å²) in [4.78, 5) is 35.6. The largest absolute Gasteiger partial charge is 0.490 e. The second-order valence-corrected chi connectivity index (χ2v) is 8.73. The molecule has 0 radical (unpaired) electrons. The van der Waals surface area contributed by atoms with E-state index >= 15 is 0 Å². The van der Waals surface area contributed by atoms with Crippen LogP contribution in [0.25, 0.3) is 0 Å². The number of benzene rings is 2. The molecule has 1 saturated carbocycles. The standard InChI is InChI=1S/C25H27ClFNO5/c1-15-4-5-17(13-21(15)26)24(30)28-12-2-3-23(29)20-11-10-19(14-22(20)27)33-18-8-6-16(7-9-18)25(31)32/h4-5,10-11,13-14,16,18H,2-3,6-9,12H2,1H3,(H,28,30)(H,31,32). The van der Waals surface area contributed by atoms with Gasteiger partial charge >= 0.3 is 5.97 Å². The van der Waals surface area contributed by atoms with Gasteiger partial charge in [0.1, 0.15) is 11.6 Å². The summed E-state index contributed by atoms with van der Waals surface area (Å²) in [6, 6.07) is 9.19. The second-order valence-electron chi connectivity index (χ2n) is 8.32. The lowest BCUT2D eigenvalue weighted by Gasteiger charge is -2.26. The Balaban J connectivity index is 1.45. The molecule has 0 heterocycles. The fourth-order valence-corrected chi connectivity index (χ4v) is 4.02. The topological polar surface area (TPSA) is 92.7 Å². The highest BCUT2D eigenvalue weighted by Gasteiger charge is 2.27. The van der Waals surface area contributed by atoms with Gasteiger partial charge in [0.15, 0.2) is 5.78 Å². The molecule has 6 nitrogen and oxygen atoms in total. The zero-order valence-electron chi connectivity index (χ0n) is 18.4. The first kappa shape index (κ1) is 24.7. The van der Waals surface area contributed by atoms with E-state index in [2.05, 4.69) is 5.32 Å². The Morgan fingerprint density at radius 3 is 2.48 bits per heavy atom. The molecule has 0 atom stereocenters. The third-order valence-corrected chi connectivity index (χ3v) is 6.27. The van der Waals surface area contributed by atoms with Crippen LogP contribution in [0.1, 0.15) is 64.8 Å². The molecular weight excluding hydrogens is 449 g/mol.